The predicted molar refractivity (Wildman–Crippen MR) is 111 cm³/mol. The molecule has 0 aromatic heterocycles. The molecule has 1 aromatic carbocycles. The van der Waals surface area contributed by atoms with E-state index in [1.165, 1.54) is 7.11 Å². The Labute approximate surface area is 178 Å². The molecule has 1 aliphatic rings. The Bertz CT molecular complexity index is 802. The first-order valence-electron chi connectivity index (χ1n) is 9.99. The number of carbonyl (C=O) groups excluding carboxylic acids is 2. The molecule has 30 heavy (non-hydrogen) atoms. The van der Waals surface area contributed by atoms with Gasteiger partial charge in [-0.25, -0.2) is 4.79 Å². The fraction of sp³-hybridized carbons (Fsp3) is 0.591. The molecule has 0 radical (unpaired) electrons. The van der Waals surface area contributed by atoms with Crippen molar-refractivity contribution in [3.8, 4) is 11.8 Å². The lowest BCUT2D eigenvalue weighted by Crippen LogP contribution is -2.49. The van der Waals surface area contributed by atoms with Crippen molar-refractivity contribution >= 4 is 12.1 Å². The first kappa shape index (κ1) is 23.5. The third kappa shape index (κ3) is 6.63. The van der Waals surface area contributed by atoms with Crippen molar-refractivity contribution in [3.63, 3.8) is 0 Å². The second-order valence-electron chi connectivity index (χ2n) is 8.26. The number of ether oxygens (including phenoxy) is 3. The van der Waals surface area contributed by atoms with Crippen molar-refractivity contribution in [1.29, 1.82) is 5.26 Å². The summed E-state index contributed by atoms with van der Waals surface area (Å²) in [6.45, 7) is 8.69. The lowest BCUT2D eigenvalue weighted by atomic mass is 9.98. The Hall–Kier alpha value is -2.79. The summed E-state index contributed by atoms with van der Waals surface area (Å²) in [5.41, 5.74) is 2.04. The highest BCUT2D eigenvalue weighted by atomic mass is 16.6. The van der Waals surface area contributed by atoms with E-state index in [4.69, 9.17) is 19.5 Å². The largest absolute Gasteiger partial charge is 0.496 e. The summed E-state index contributed by atoms with van der Waals surface area (Å²) in [7, 11) is 2.91. The minimum absolute atomic E-state index is 0.132. The smallest absolute Gasteiger partial charge is 0.410 e. The maximum Gasteiger partial charge on any atom is 0.410 e. The molecule has 0 saturated carbocycles. The third-order valence-electron chi connectivity index (χ3n) is 4.85. The molecule has 8 heteroatoms. The van der Waals surface area contributed by atoms with Crippen molar-refractivity contribution in [2.75, 3.05) is 40.4 Å². The van der Waals surface area contributed by atoms with Gasteiger partial charge in [0.15, 0.2) is 0 Å². The third-order valence-corrected chi connectivity index (χ3v) is 4.85. The molecule has 1 amide bonds. The number of benzene rings is 1. The number of hydrogen-bond acceptors (Lipinski definition) is 7. The maximum atomic E-state index is 12.3. The molecule has 0 N–H and O–H groups in total. The van der Waals surface area contributed by atoms with Crippen LogP contribution in [-0.4, -0.2) is 67.9 Å². The molecule has 164 valence electrons. The Morgan fingerprint density at radius 2 is 1.73 bits per heavy atom. The van der Waals surface area contributed by atoms with E-state index in [-0.39, 0.29) is 24.9 Å². The predicted octanol–water partition coefficient (Wildman–Crippen LogP) is 2.53. The number of piperazine rings is 1. The van der Waals surface area contributed by atoms with E-state index in [1.807, 2.05) is 32.9 Å². The Balaban J connectivity index is 2.13. The second-order valence-corrected chi connectivity index (χ2v) is 8.26. The van der Waals surface area contributed by atoms with Gasteiger partial charge in [0.2, 0.25) is 0 Å². The summed E-state index contributed by atoms with van der Waals surface area (Å²) in [6.07, 6.45) is 0.0582. The van der Waals surface area contributed by atoms with Crippen LogP contribution in [0.5, 0.6) is 5.75 Å². The van der Waals surface area contributed by atoms with Gasteiger partial charge in [-0.1, -0.05) is 0 Å². The lowest BCUT2D eigenvalue weighted by molar-refractivity contribution is -0.139. The van der Waals surface area contributed by atoms with E-state index in [0.29, 0.717) is 38.5 Å². The molecule has 0 unspecified atom stereocenters. The Morgan fingerprint density at radius 3 is 2.27 bits per heavy atom. The number of nitrogens with zero attached hydrogens (tertiary/aromatic N) is 3. The van der Waals surface area contributed by atoms with Crippen LogP contribution >= 0.6 is 0 Å². The number of rotatable bonds is 6. The normalized spacial score (nSPS) is 14.7. The van der Waals surface area contributed by atoms with Gasteiger partial charge in [0.05, 0.1) is 33.1 Å². The van der Waals surface area contributed by atoms with Gasteiger partial charge in [0, 0.05) is 38.3 Å². The zero-order valence-electron chi connectivity index (χ0n) is 18.5. The quantitative estimate of drug-likeness (QED) is 0.657. The molecule has 0 bridgehead atoms. The molecular weight excluding hydrogens is 386 g/mol. The molecule has 0 atom stereocenters. The van der Waals surface area contributed by atoms with Crippen molar-refractivity contribution in [2.45, 2.75) is 45.8 Å². The topological polar surface area (TPSA) is 92.1 Å². The van der Waals surface area contributed by atoms with E-state index in [2.05, 4.69) is 11.0 Å². The van der Waals surface area contributed by atoms with Crippen molar-refractivity contribution < 1.29 is 23.8 Å². The summed E-state index contributed by atoms with van der Waals surface area (Å²) in [4.78, 5) is 28.1. The molecule has 2 rings (SSSR count). The van der Waals surface area contributed by atoms with E-state index in [9.17, 15) is 9.59 Å². The number of nitriles is 1. The van der Waals surface area contributed by atoms with E-state index >= 15 is 0 Å². The van der Waals surface area contributed by atoms with E-state index in [0.717, 1.165) is 16.7 Å². The van der Waals surface area contributed by atoms with Crippen LogP contribution in [-0.2, 0) is 33.7 Å². The molecule has 0 spiro atoms. The number of amides is 1. The number of methoxy groups -OCH3 is 2. The van der Waals surface area contributed by atoms with Crippen LogP contribution in [0.25, 0.3) is 0 Å². The lowest BCUT2D eigenvalue weighted by Gasteiger charge is -2.36. The fourth-order valence-electron chi connectivity index (χ4n) is 3.33. The van der Waals surface area contributed by atoms with Crippen molar-refractivity contribution in [2.24, 2.45) is 0 Å². The van der Waals surface area contributed by atoms with Crippen LogP contribution in [0.3, 0.4) is 0 Å². The molecule has 1 heterocycles. The van der Waals surface area contributed by atoms with Crippen LogP contribution in [0, 0.1) is 11.3 Å². The van der Waals surface area contributed by atoms with Crippen LogP contribution < -0.4 is 4.74 Å². The average molecular weight is 418 g/mol. The highest BCUT2D eigenvalue weighted by molar-refractivity contribution is 5.73. The summed E-state index contributed by atoms with van der Waals surface area (Å²) < 4.78 is 15.7. The Morgan fingerprint density at radius 1 is 1.07 bits per heavy atom. The van der Waals surface area contributed by atoms with Gasteiger partial charge >= 0.3 is 12.1 Å². The van der Waals surface area contributed by atoms with Gasteiger partial charge in [-0.05, 0) is 44.0 Å². The first-order valence-corrected chi connectivity index (χ1v) is 9.99. The molecule has 1 saturated heterocycles. The van der Waals surface area contributed by atoms with Gasteiger partial charge in [-0.3, -0.25) is 9.69 Å². The highest BCUT2D eigenvalue weighted by Gasteiger charge is 2.26. The standard InChI is InChI=1S/C22H31N3O5/c1-22(2,3)30-21(27)25-10-8-24(9-11-25)15-18-12-16(6-7-23)19(28-4)13-17(18)14-20(26)29-5/h12-13H,6,8-11,14-15H2,1-5H3. The minimum Gasteiger partial charge on any atom is -0.496 e. The summed E-state index contributed by atoms with van der Waals surface area (Å²) >= 11 is 0. The number of carbonyl (C=O) groups is 2. The van der Waals surface area contributed by atoms with Gasteiger partial charge in [0.25, 0.3) is 0 Å². The zero-order chi connectivity index (χ0) is 22.3. The van der Waals surface area contributed by atoms with Gasteiger partial charge in [-0.15, -0.1) is 0 Å². The van der Waals surface area contributed by atoms with E-state index in [1.54, 1.807) is 12.0 Å². The van der Waals surface area contributed by atoms with Crippen LogP contribution in [0.15, 0.2) is 12.1 Å². The summed E-state index contributed by atoms with van der Waals surface area (Å²) in [5, 5.41) is 9.13. The Kier molecular flexibility index (Phi) is 8.07. The van der Waals surface area contributed by atoms with Gasteiger partial charge in [0.1, 0.15) is 11.4 Å². The molecule has 1 aliphatic heterocycles. The second kappa shape index (κ2) is 10.3. The summed E-state index contributed by atoms with van der Waals surface area (Å²) in [5.74, 6) is 0.259. The molecule has 8 nitrogen and oxygen atoms in total. The molecule has 0 aliphatic carbocycles. The van der Waals surface area contributed by atoms with Crippen molar-refractivity contribution in [3.05, 3.63) is 28.8 Å². The van der Waals surface area contributed by atoms with Crippen molar-refractivity contribution in [1.82, 2.24) is 9.80 Å². The SMILES string of the molecule is COC(=O)Cc1cc(OC)c(CC#N)cc1CN1CCN(C(=O)OC(C)(C)C)CC1. The zero-order valence-corrected chi connectivity index (χ0v) is 18.5. The van der Waals surface area contributed by atoms with E-state index < -0.39 is 5.60 Å². The monoisotopic (exact) mass is 417 g/mol. The average Bonchev–Trinajstić information content (AvgIpc) is 2.69. The highest BCUT2D eigenvalue weighted by Crippen LogP contribution is 2.26. The maximum absolute atomic E-state index is 12.3. The van der Waals surface area contributed by atoms with Crippen LogP contribution in [0.4, 0.5) is 4.79 Å². The van der Waals surface area contributed by atoms with Gasteiger partial charge < -0.3 is 19.1 Å². The molecular formula is C22H31N3O5. The van der Waals surface area contributed by atoms with Gasteiger partial charge in [-0.2, -0.15) is 5.26 Å². The first-order chi connectivity index (χ1) is 14.2. The molecule has 1 aromatic rings. The summed E-state index contributed by atoms with van der Waals surface area (Å²) in [6, 6.07) is 5.90. The number of esters is 1. The fourth-order valence-corrected chi connectivity index (χ4v) is 3.33. The van der Waals surface area contributed by atoms with Crippen LogP contribution in [0.1, 0.15) is 37.5 Å². The molecule has 1 fully saturated rings. The number of hydrogen-bond donors (Lipinski definition) is 0. The minimum atomic E-state index is -0.517. The van der Waals surface area contributed by atoms with Crippen LogP contribution in [0.2, 0.25) is 0 Å².